The van der Waals surface area contributed by atoms with Crippen LogP contribution in [0.15, 0.2) is 21.3 Å². The van der Waals surface area contributed by atoms with Gasteiger partial charge in [0, 0.05) is 60.7 Å². The zero-order chi connectivity index (χ0) is 21.3. The third kappa shape index (κ3) is 3.02. The van der Waals surface area contributed by atoms with Crippen molar-refractivity contribution in [1.82, 2.24) is 9.97 Å². The molecule has 4 heterocycles. The van der Waals surface area contributed by atoms with Crippen molar-refractivity contribution in [1.29, 1.82) is 0 Å². The molecule has 30 heavy (non-hydrogen) atoms. The van der Waals surface area contributed by atoms with Gasteiger partial charge in [0.15, 0.2) is 0 Å². The molecule has 2 aliphatic carbocycles. The van der Waals surface area contributed by atoms with Gasteiger partial charge >= 0.3 is 0 Å². The van der Waals surface area contributed by atoms with Crippen LogP contribution in [0.2, 0.25) is 10.0 Å². The van der Waals surface area contributed by atoms with Gasteiger partial charge in [0.1, 0.15) is 11.6 Å². The molecule has 4 atom stereocenters. The maximum atomic E-state index is 9.21. The number of nitrogens with one attached hydrogen (secondary N) is 2. The first-order chi connectivity index (χ1) is 14.4. The van der Waals surface area contributed by atoms with E-state index < -0.39 is 0 Å². The minimum Gasteiger partial charge on any atom is -0.396 e. The van der Waals surface area contributed by atoms with E-state index >= 15 is 0 Å². The highest BCUT2D eigenvalue weighted by molar-refractivity contribution is 9.10. The van der Waals surface area contributed by atoms with Crippen LogP contribution >= 0.6 is 55.1 Å². The predicted molar refractivity (Wildman–Crippen MR) is 125 cm³/mol. The summed E-state index contributed by atoms with van der Waals surface area (Å²) in [4.78, 5) is 8.60. The zero-order valence-electron chi connectivity index (χ0n) is 15.9. The van der Waals surface area contributed by atoms with Crippen molar-refractivity contribution in [2.24, 2.45) is 11.8 Å². The summed E-state index contributed by atoms with van der Waals surface area (Å²) in [6.07, 6.45) is 5.43. The molecular formula is C20H20Br2Cl2N4O2. The van der Waals surface area contributed by atoms with Crippen LogP contribution < -0.4 is 10.6 Å². The molecule has 10 heteroatoms. The van der Waals surface area contributed by atoms with Gasteiger partial charge in [-0.25, -0.2) is 9.97 Å². The summed E-state index contributed by atoms with van der Waals surface area (Å²) in [5.41, 5.74) is 2.24. The van der Waals surface area contributed by atoms with Gasteiger partial charge in [-0.1, -0.05) is 23.2 Å². The lowest BCUT2D eigenvalue weighted by Crippen LogP contribution is -2.14. The lowest BCUT2D eigenvalue weighted by Gasteiger charge is -2.10. The van der Waals surface area contributed by atoms with E-state index in [1.807, 2.05) is 0 Å². The number of anilines is 2. The largest absolute Gasteiger partial charge is 0.396 e. The van der Waals surface area contributed by atoms with Gasteiger partial charge in [-0.05, 0) is 56.5 Å². The fraction of sp³-hybridized carbons (Fsp3) is 0.500. The summed E-state index contributed by atoms with van der Waals surface area (Å²) in [6, 6.07) is 0. The molecule has 0 radical (unpaired) electrons. The van der Waals surface area contributed by atoms with Crippen molar-refractivity contribution in [2.45, 2.75) is 23.7 Å². The standard InChI is InChI=1S/2C10H10BrClN2O/c2*11-6-2-13-9-7(8(6)12)10(4-14-9)1-5(10)3-15/h2*2,5,15H,1,3-4H2,(H,13,14)/t5-,10+;5-,10-/m01/s1. The Kier molecular flexibility index (Phi) is 5.27. The van der Waals surface area contributed by atoms with Crippen LogP contribution in [0.5, 0.6) is 0 Å². The molecule has 2 fully saturated rings. The molecule has 4 aliphatic rings. The number of fused-ring (bicyclic) bond motifs is 4. The highest BCUT2D eigenvalue weighted by Crippen LogP contribution is 2.62. The first-order valence-electron chi connectivity index (χ1n) is 9.76. The number of aliphatic hydroxyl groups is 2. The lowest BCUT2D eigenvalue weighted by molar-refractivity contribution is 0.265. The Morgan fingerprint density at radius 2 is 1.27 bits per heavy atom. The van der Waals surface area contributed by atoms with E-state index in [1.54, 1.807) is 12.4 Å². The van der Waals surface area contributed by atoms with Crippen molar-refractivity contribution in [3.63, 3.8) is 0 Å². The van der Waals surface area contributed by atoms with Gasteiger partial charge in [-0.2, -0.15) is 0 Å². The van der Waals surface area contributed by atoms with Gasteiger partial charge in [-0.15, -0.1) is 0 Å². The minimum absolute atomic E-state index is 0.0396. The van der Waals surface area contributed by atoms with Crippen LogP contribution in [0.25, 0.3) is 0 Å². The SMILES string of the molecule is OC[C@@H]1C[C@@]12CNc1ncc(Br)c(Cl)c12.OC[C@H]1C[C@@]12CNc1ncc(Br)c(Cl)c12. The molecule has 2 saturated carbocycles. The quantitative estimate of drug-likeness (QED) is 0.424. The Labute approximate surface area is 201 Å². The fourth-order valence-electron chi connectivity index (χ4n) is 5.05. The lowest BCUT2D eigenvalue weighted by atomic mass is 9.97. The normalized spacial score (nSPS) is 31.5. The summed E-state index contributed by atoms with van der Waals surface area (Å²) in [5.74, 6) is 2.41. The average molecular weight is 579 g/mol. The van der Waals surface area contributed by atoms with Crippen LogP contribution in [0, 0.1) is 11.8 Å². The molecule has 4 N–H and O–H groups in total. The Hall–Kier alpha value is -0.640. The second kappa shape index (κ2) is 7.46. The second-order valence-corrected chi connectivity index (χ2v) is 10.9. The van der Waals surface area contributed by atoms with E-state index in [4.69, 9.17) is 23.2 Å². The Balaban J connectivity index is 0.000000128. The third-order valence-electron chi connectivity index (χ3n) is 6.99. The molecule has 0 saturated heterocycles. The fourth-order valence-corrected chi connectivity index (χ4v) is 6.31. The van der Waals surface area contributed by atoms with Gasteiger partial charge in [-0.3, -0.25) is 0 Å². The number of hydrogen-bond donors (Lipinski definition) is 4. The molecule has 2 aromatic rings. The van der Waals surface area contributed by atoms with Crippen molar-refractivity contribution in [2.75, 3.05) is 36.9 Å². The maximum absolute atomic E-state index is 9.21. The average Bonchev–Trinajstić information content (AvgIpc) is 3.54. The van der Waals surface area contributed by atoms with E-state index in [-0.39, 0.29) is 24.0 Å². The van der Waals surface area contributed by atoms with Crippen molar-refractivity contribution in [3.8, 4) is 0 Å². The van der Waals surface area contributed by atoms with Gasteiger partial charge in [0.25, 0.3) is 0 Å². The first kappa shape index (κ1) is 21.2. The van der Waals surface area contributed by atoms with Gasteiger partial charge in [0.05, 0.1) is 19.0 Å². The van der Waals surface area contributed by atoms with E-state index in [0.29, 0.717) is 11.8 Å². The Morgan fingerprint density at radius 3 is 1.60 bits per heavy atom. The zero-order valence-corrected chi connectivity index (χ0v) is 20.5. The number of aromatic nitrogens is 2. The van der Waals surface area contributed by atoms with Crippen LogP contribution in [0.3, 0.4) is 0 Å². The molecule has 160 valence electrons. The van der Waals surface area contributed by atoms with Crippen molar-refractivity contribution < 1.29 is 10.2 Å². The summed E-state index contributed by atoms with van der Waals surface area (Å²) in [5, 5.41) is 26.4. The second-order valence-electron chi connectivity index (χ2n) is 8.47. The molecule has 0 aromatic carbocycles. The number of rotatable bonds is 2. The number of pyridine rings is 2. The van der Waals surface area contributed by atoms with Crippen LogP contribution in [-0.2, 0) is 10.8 Å². The summed E-state index contributed by atoms with van der Waals surface area (Å²) in [6.45, 7) is 2.14. The summed E-state index contributed by atoms with van der Waals surface area (Å²) >= 11 is 19.3. The van der Waals surface area contributed by atoms with E-state index in [9.17, 15) is 10.2 Å². The molecule has 0 amide bonds. The van der Waals surface area contributed by atoms with E-state index in [1.165, 1.54) is 0 Å². The predicted octanol–water partition coefficient (Wildman–Crippen LogP) is 4.35. The molecule has 6 nitrogen and oxygen atoms in total. The number of nitrogens with zero attached hydrogens (tertiary/aromatic N) is 2. The van der Waals surface area contributed by atoms with Gasteiger partial charge in [0.2, 0.25) is 0 Å². The highest BCUT2D eigenvalue weighted by Gasteiger charge is 2.60. The van der Waals surface area contributed by atoms with Crippen LogP contribution in [0.1, 0.15) is 24.0 Å². The molecule has 0 unspecified atom stereocenters. The summed E-state index contributed by atoms with van der Waals surface area (Å²) < 4.78 is 1.66. The van der Waals surface area contributed by atoms with Crippen LogP contribution in [-0.4, -0.2) is 46.5 Å². The molecule has 2 aliphatic heterocycles. The topological polar surface area (TPSA) is 90.3 Å². The van der Waals surface area contributed by atoms with Crippen molar-refractivity contribution >= 4 is 66.7 Å². The molecule has 6 rings (SSSR count). The first-order valence-corrected chi connectivity index (χ1v) is 12.1. The van der Waals surface area contributed by atoms with E-state index in [2.05, 4.69) is 52.5 Å². The third-order valence-corrected chi connectivity index (χ3v) is 9.43. The minimum atomic E-state index is 0.0396. The van der Waals surface area contributed by atoms with Gasteiger partial charge < -0.3 is 20.8 Å². The maximum Gasteiger partial charge on any atom is 0.131 e. The van der Waals surface area contributed by atoms with Crippen molar-refractivity contribution in [3.05, 3.63) is 42.5 Å². The Bertz CT molecular complexity index is 961. The molecule has 2 spiro atoms. The smallest absolute Gasteiger partial charge is 0.131 e. The number of aliphatic hydroxyl groups excluding tert-OH is 2. The number of halogens is 4. The summed E-state index contributed by atoms with van der Waals surface area (Å²) in [7, 11) is 0. The number of hydrogen-bond acceptors (Lipinski definition) is 6. The monoisotopic (exact) mass is 576 g/mol. The van der Waals surface area contributed by atoms with Crippen LogP contribution in [0.4, 0.5) is 11.6 Å². The Morgan fingerprint density at radius 1 is 0.867 bits per heavy atom. The molecule has 0 bridgehead atoms. The molecular weight excluding hydrogens is 559 g/mol. The van der Waals surface area contributed by atoms with E-state index in [0.717, 1.165) is 67.7 Å². The molecule has 2 aromatic heterocycles. The highest BCUT2D eigenvalue weighted by atomic mass is 79.9.